The smallest absolute Gasteiger partial charge is 0.437 e. The zero-order valence-corrected chi connectivity index (χ0v) is 15.9. The molecule has 6 nitrogen and oxygen atoms in total. The van der Waals surface area contributed by atoms with Gasteiger partial charge in [0.05, 0.1) is 13.2 Å². The van der Waals surface area contributed by atoms with Crippen molar-refractivity contribution in [1.82, 2.24) is 0 Å². The summed E-state index contributed by atoms with van der Waals surface area (Å²) in [6.45, 7) is 0.652. The number of carbonyl (C=O) groups excluding carboxylic acids is 2. The first kappa shape index (κ1) is 18.4. The zero-order valence-electron chi connectivity index (χ0n) is 14.3. The summed E-state index contributed by atoms with van der Waals surface area (Å²) in [5.74, 6) is 0.248. The number of nitrogens with two attached hydrogens (primary N) is 1. The molecular weight excluding hydrogens is 400 g/mol. The highest BCUT2D eigenvalue weighted by Gasteiger charge is 2.28. The molecule has 0 aromatic heterocycles. The average molecular weight is 419 g/mol. The second-order valence-electron chi connectivity index (χ2n) is 5.99. The highest BCUT2D eigenvalue weighted by molar-refractivity contribution is 9.10. The van der Waals surface area contributed by atoms with Crippen LogP contribution in [0.25, 0.3) is 0 Å². The van der Waals surface area contributed by atoms with Crippen molar-refractivity contribution in [2.45, 2.75) is 18.9 Å². The van der Waals surface area contributed by atoms with Gasteiger partial charge in [0.15, 0.2) is 0 Å². The Labute approximate surface area is 160 Å². The van der Waals surface area contributed by atoms with Gasteiger partial charge >= 0.3 is 6.16 Å². The van der Waals surface area contributed by atoms with Gasteiger partial charge in [-0.1, -0.05) is 40.2 Å². The van der Waals surface area contributed by atoms with Gasteiger partial charge in [0.25, 0.3) is 0 Å². The summed E-state index contributed by atoms with van der Waals surface area (Å²) in [5, 5.41) is 0. The lowest BCUT2D eigenvalue weighted by Crippen LogP contribution is -2.44. The first-order chi connectivity index (χ1) is 12.5. The van der Waals surface area contributed by atoms with Gasteiger partial charge in [-0.25, -0.2) is 4.79 Å². The van der Waals surface area contributed by atoms with Crippen LogP contribution < -0.4 is 15.4 Å². The maximum atomic E-state index is 12.8. The fourth-order valence-electron chi connectivity index (χ4n) is 2.99. The molecule has 2 aromatic carbocycles. The van der Waals surface area contributed by atoms with E-state index in [4.69, 9.17) is 10.5 Å². The minimum Gasteiger partial charge on any atom is -0.437 e. The van der Waals surface area contributed by atoms with Crippen LogP contribution in [0.4, 0.5) is 10.5 Å². The number of halogens is 1. The predicted molar refractivity (Wildman–Crippen MR) is 101 cm³/mol. The van der Waals surface area contributed by atoms with Gasteiger partial charge < -0.3 is 20.1 Å². The van der Waals surface area contributed by atoms with Crippen LogP contribution in [0, 0.1) is 0 Å². The van der Waals surface area contributed by atoms with Crippen LogP contribution in [-0.2, 0) is 22.4 Å². The van der Waals surface area contributed by atoms with Gasteiger partial charge in [0.1, 0.15) is 5.75 Å². The van der Waals surface area contributed by atoms with Crippen molar-refractivity contribution < 1.29 is 19.1 Å². The Kier molecular flexibility index (Phi) is 5.58. The van der Waals surface area contributed by atoms with E-state index in [0.29, 0.717) is 23.2 Å². The van der Waals surface area contributed by atoms with Gasteiger partial charge in [-0.05, 0) is 42.2 Å². The zero-order chi connectivity index (χ0) is 18.7. The lowest BCUT2D eigenvalue weighted by atomic mass is 10.1. The van der Waals surface area contributed by atoms with E-state index >= 15 is 0 Å². The molecule has 1 atom stereocenters. The quantitative estimate of drug-likeness (QED) is 0.609. The molecule has 2 N–H and O–H groups in total. The fourth-order valence-corrected chi connectivity index (χ4v) is 3.51. The summed E-state index contributed by atoms with van der Waals surface area (Å²) < 4.78 is 10.1. The van der Waals surface area contributed by atoms with Crippen molar-refractivity contribution in [1.29, 1.82) is 0 Å². The number of methoxy groups -OCH3 is 1. The number of nitrogens with zero attached hydrogens (tertiary/aromatic N) is 1. The topological polar surface area (TPSA) is 81.9 Å². The number of amides is 1. The van der Waals surface area contributed by atoms with E-state index in [9.17, 15) is 9.59 Å². The summed E-state index contributed by atoms with van der Waals surface area (Å²) in [6, 6.07) is 12.3. The molecule has 1 aliphatic rings. The highest BCUT2D eigenvalue weighted by Crippen LogP contribution is 2.29. The molecular formula is C19H19BrN2O4. The number of ether oxygens (including phenoxy) is 2. The Morgan fingerprint density at radius 2 is 2.04 bits per heavy atom. The minimum absolute atomic E-state index is 0.100. The van der Waals surface area contributed by atoms with Gasteiger partial charge in [0.2, 0.25) is 5.91 Å². The summed E-state index contributed by atoms with van der Waals surface area (Å²) in [7, 11) is 1.24. The number of rotatable bonds is 4. The molecule has 0 saturated heterocycles. The highest BCUT2D eigenvalue weighted by atomic mass is 79.9. The molecule has 1 amide bonds. The van der Waals surface area contributed by atoms with E-state index in [1.807, 2.05) is 24.3 Å². The Morgan fingerprint density at radius 3 is 2.77 bits per heavy atom. The standard InChI is InChI=1S/C19H19BrN2O4/c1-25-19(24)26-14-7-6-13(15(20)11-14)10-16(21)18(23)22-9-8-12-4-2-3-5-17(12)22/h2-7,11,16H,8-10,21H2,1H3/t16-/m0/s1. The molecule has 0 radical (unpaired) electrons. The number of hydrogen-bond acceptors (Lipinski definition) is 5. The first-order valence-electron chi connectivity index (χ1n) is 8.18. The molecule has 0 fully saturated rings. The van der Waals surface area contributed by atoms with Crippen LogP contribution in [0.2, 0.25) is 0 Å². The number of anilines is 1. The Bertz CT molecular complexity index is 840. The van der Waals surface area contributed by atoms with Crippen LogP contribution >= 0.6 is 15.9 Å². The molecule has 0 unspecified atom stereocenters. The molecule has 0 spiro atoms. The third kappa shape index (κ3) is 3.89. The van der Waals surface area contributed by atoms with Gasteiger partial charge in [-0.15, -0.1) is 0 Å². The maximum absolute atomic E-state index is 12.8. The Morgan fingerprint density at radius 1 is 1.27 bits per heavy atom. The van der Waals surface area contributed by atoms with Crippen LogP contribution in [-0.4, -0.2) is 31.8 Å². The Balaban J connectivity index is 1.69. The molecule has 0 saturated carbocycles. The molecule has 136 valence electrons. The largest absolute Gasteiger partial charge is 0.513 e. The van der Waals surface area contributed by atoms with Crippen molar-refractivity contribution in [3.05, 3.63) is 58.1 Å². The van der Waals surface area contributed by atoms with Gasteiger partial charge in [-0.3, -0.25) is 4.79 Å². The number of hydrogen-bond donors (Lipinski definition) is 1. The molecule has 2 aromatic rings. The van der Waals surface area contributed by atoms with E-state index in [1.54, 1.807) is 23.1 Å². The molecule has 7 heteroatoms. The van der Waals surface area contributed by atoms with Crippen LogP contribution in [0.1, 0.15) is 11.1 Å². The van der Waals surface area contributed by atoms with Crippen LogP contribution in [0.15, 0.2) is 46.9 Å². The number of carbonyl (C=O) groups is 2. The second-order valence-corrected chi connectivity index (χ2v) is 6.84. The van der Waals surface area contributed by atoms with E-state index in [-0.39, 0.29) is 5.91 Å². The Hall–Kier alpha value is -2.38. The fraction of sp³-hybridized carbons (Fsp3) is 0.263. The summed E-state index contributed by atoms with van der Waals surface area (Å²) in [4.78, 5) is 25.7. The van der Waals surface area contributed by atoms with E-state index < -0.39 is 12.2 Å². The number of fused-ring (bicyclic) bond motifs is 1. The SMILES string of the molecule is COC(=O)Oc1ccc(C[C@H](N)C(=O)N2CCc3ccccc32)c(Br)c1. The van der Waals surface area contributed by atoms with Crippen molar-refractivity contribution in [2.75, 3.05) is 18.6 Å². The first-order valence-corrected chi connectivity index (χ1v) is 8.98. The molecule has 0 aliphatic carbocycles. The molecule has 1 heterocycles. The third-order valence-corrected chi connectivity index (χ3v) is 5.04. The summed E-state index contributed by atoms with van der Waals surface area (Å²) in [5.41, 5.74) is 9.14. The third-order valence-electron chi connectivity index (χ3n) is 4.30. The lowest BCUT2D eigenvalue weighted by Gasteiger charge is -2.22. The maximum Gasteiger partial charge on any atom is 0.513 e. The predicted octanol–water partition coefficient (Wildman–Crippen LogP) is 3.05. The number of para-hydroxylation sites is 1. The summed E-state index contributed by atoms with van der Waals surface area (Å²) in [6.07, 6.45) is 0.429. The van der Waals surface area contributed by atoms with Crippen LogP contribution in [0.5, 0.6) is 5.75 Å². The normalized spacial score (nSPS) is 13.9. The van der Waals surface area contributed by atoms with E-state index in [2.05, 4.69) is 20.7 Å². The van der Waals surface area contributed by atoms with Crippen LogP contribution in [0.3, 0.4) is 0 Å². The number of benzene rings is 2. The lowest BCUT2D eigenvalue weighted by molar-refractivity contribution is -0.119. The molecule has 0 bridgehead atoms. The summed E-state index contributed by atoms with van der Waals surface area (Å²) >= 11 is 3.43. The average Bonchev–Trinajstić information content (AvgIpc) is 3.07. The molecule has 26 heavy (non-hydrogen) atoms. The molecule has 1 aliphatic heterocycles. The monoisotopic (exact) mass is 418 g/mol. The minimum atomic E-state index is -0.788. The van der Waals surface area contributed by atoms with Crippen molar-refractivity contribution in [3.63, 3.8) is 0 Å². The van der Waals surface area contributed by atoms with Crippen molar-refractivity contribution in [3.8, 4) is 5.75 Å². The van der Waals surface area contributed by atoms with Gasteiger partial charge in [0, 0.05) is 16.7 Å². The van der Waals surface area contributed by atoms with Crippen molar-refractivity contribution >= 4 is 33.7 Å². The molecule has 3 rings (SSSR count). The van der Waals surface area contributed by atoms with E-state index in [1.165, 1.54) is 12.7 Å². The second kappa shape index (κ2) is 7.88. The van der Waals surface area contributed by atoms with E-state index in [0.717, 1.165) is 17.7 Å². The van der Waals surface area contributed by atoms with Crippen molar-refractivity contribution in [2.24, 2.45) is 5.73 Å². The van der Waals surface area contributed by atoms with Gasteiger partial charge in [-0.2, -0.15) is 0 Å².